The maximum atomic E-state index is 6.18. The second-order valence-corrected chi connectivity index (χ2v) is 6.95. The third kappa shape index (κ3) is 2.94. The molecule has 0 amide bonds. The Morgan fingerprint density at radius 2 is 2.04 bits per heavy atom. The summed E-state index contributed by atoms with van der Waals surface area (Å²) in [5.41, 5.74) is 0.833. The van der Waals surface area contributed by atoms with Gasteiger partial charge in [-0.15, -0.1) is 10.2 Å². The standard InChI is InChI=1S/C17H19ClN6/c1-10(2)15(17-23-22-14-5-3-4-8-24(14)17)20-13-9-12(18)19-16(21-13)11-6-7-11/h3-5,8-11,15H,6-7H2,1-2H3,(H,19,20,21). The van der Waals surface area contributed by atoms with Crippen molar-refractivity contribution in [1.29, 1.82) is 0 Å². The van der Waals surface area contributed by atoms with Gasteiger partial charge >= 0.3 is 0 Å². The van der Waals surface area contributed by atoms with Crippen LogP contribution in [0.2, 0.25) is 5.15 Å². The van der Waals surface area contributed by atoms with E-state index in [4.69, 9.17) is 11.6 Å². The maximum absolute atomic E-state index is 6.18. The van der Waals surface area contributed by atoms with E-state index in [1.54, 1.807) is 6.07 Å². The number of halogens is 1. The molecule has 1 unspecified atom stereocenters. The van der Waals surface area contributed by atoms with Gasteiger partial charge in [0.2, 0.25) is 0 Å². The van der Waals surface area contributed by atoms with Crippen LogP contribution in [0.5, 0.6) is 0 Å². The molecule has 0 saturated heterocycles. The molecule has 1 N–H and O–H groups in total. The monoisotopic (exact) mass is 342 g/mol. The summed E-state index contributed by atoms with van der Waals surface area (Å²) >= 11 is 6.18. The summed E-state index contributed by atoms with van der Waals surface area (Å²) in [7, 11) is 0. The van der Waals surface area contributed by atoms with Crippen LogP contribution in [0.25, 0.3) is 5.65 Å². The van der Waals surface area contributed by atoms with Crippen molar-refractivity contribution in [2.24, 2.45) is 5.92 Å². The van der Waals surface area contributed by atoms with Crippen LogP contribution in [0, 0.1) is 5.92 Å². The van der Waals surface area contributed by atoms with Gasteiger partial charge in [-0.2, -0.15) is 0 Å². The highest BCUT2D eigenvalue weighted by molar-refractivity contribution is 6.29. The molecule has 7 heteroatoms. The summed E-state index contributed by atoms with van der Waals surface area (Å²) in [5.74, 6) is 3.19. The van der Waals surface area contributed by atoms with Crippen LogP contribution in [-0.2, 0) is 0 Å². The number of aromatic nitrogens is 5. The van der Waals surface area contributed by atoms with Crippen molar-refractivity contribution >= 4 is 23.1 Å². The van der Waals surface area contributed by atoms with Crippen molar-refractivity contribution in [3.05, 3.63) is 47.3 Å². The predicted octanol–water partition coefficient (Wildman–Crippen LogP) is 3.86. The summed E-state index contributed by atoms with van der Waals surface area (Å²) in [4.78, 5) is 8.99. The molecule has 3 heterocycles. The van der Waals surface area contributed by atoms with Crippen molar-refractivity contribution in [2.45, 2.75) is 38.6 Å². The summed E-state index contributed by atoms with van der Waals surface area (Å²) < 4.78 is 2.00. The SMILES string of the molecule is CC(C)C(Nc1cc(Cl)nc(C2CC2)n1)c1nnc2ccccn12. The van der Waals surface area contributed by atoms with Crippen LogP contribution in [0.15, 0.2) is 30.5 Å². The summed E-state index contributed by atoms with van der Waals surface area (Å²) in [5, 5.41) is 12.6. The molecule has 0 radical (unpaired) electrons. The normalized spacial score (nSPS) is 15.8. The first-order valence-corrected chi connectivity index (χ1v) is 8.60. The number of hydrogen-bond donors (Lipinski definition) is 1. The molecule has 3 aromatic rings. The molecule has 1 saturated carbocycles. The average Bonchev–Trinajstić information content (AvgIpc) is 3.32. The van der Waals surface area contributed by atoms with Gasteiger partial charge in [-0.3, -0.25) is 4.40 Å². The molecule has 1 atom stereocenters. The van der Waals surface area contributed by atoms with Crippen LogP contribution in [0.1, 0.15) is 50.3 Å². The molecule has 6 nitrogen and oxygen atoms in total. The molecule has 1 aliphatic rings. The van der Waals surface area contributed by atoms with Crippen LogP contribution < -0.4 is 5.32 Å². The van der Waals surface area contributed by atoms with Gasteiger partial charge in [0.15, 0.2) is 11.5 Å². The van der Waals surface area contributed by atoms with E-state index in [0.29, 0.717) is 17.0 Å². The van der Waals surface area contributed by atoms with Gasteiger partial charge in [-0.1, -0.05) is 31.5 Å². The summed E-state index contributed by atoms with van der Waals surface area (Å²) in [6, 6.07) is 7.62. The van der Waals surface area contributed by atoms with Crippen molar-refractivity contribution in [3.8, 4) is 0 Å². The number of anilines is 1. The molecular weight excluding hydrogens is 324 g/mol. The van der Waals surface area contributed by atoms with Gasteiger partial charge in [0.1, 0.15) is 16.8 Å². The largest absolute Gasteiger partial charge is 0.360 e. The van der Waals surface area contributed by atoms with E-state index < -0.39 is 0 Å². The van der Waals surface area contributed by atoms with Crippen molar-refractivity contribution in [1.82, 2.24) is 24.6 Å². The van der Waals surface area contributed by atoms with Crippen molar-refractivity contribution in [3.63, 3.8) is 0 Å². The minimum atomic E-state index is -0.0274. The number of hydrogen-bond acceptors (Lipinski definition) is 5. The van der Waals surface area contributed by atoms with Gasteiger partial charge in [0, 0.05) is 18.2 Å². The Kier molecular flexibility index (Phi) is 3.84. The lowest BCUT2D eigenvalue weighted by Crippen LogP contribution is -2.20. The highest BCUT2D eigenvalue weighted by atomic mass is 35.5. The van der Waals surface area contributed by atoms with Gasteiger partial charge < -0.3 is 5.32 Å². The lowest BCUT2D eigenvalue weighted by atomic mass is 10.0. The Hall–Kier alpha value is -2.21. The number of fused-ring (bicyclic) bond motifs is 1. The van der Waals surface area contributed by atoms with Crippen LogP contribution in [0.3, 0.4) is 0 Å². The van der Waals surface area contributed by atoms with E-state index in [1.165, 1.54) is 0 Å². The first-order chi connectivity index (χ1) is 11.6. The first-order valence-electron chi connectivity index (χ1n) is 8.22. The number of nitrogens with one attached hydrogen (secondary N) is 1. The molecule has 24 heavy (non-hydrogen) atoms. The van der Waals surface area contributed by atoms with Gasteiger partial charge in [-0.05, 0) is 30.9 Å². The molecule has 0 spiro atoms. The lowest BCUT2D eigenvalue weighted by molar-refractivity contribution is 0.515. The number of nitrogens with zero attached hydrogens (tertiary/aromatic N) is 5. The van der Waals surface area contributed by atoms with Gasteiger partial charge in [-0.25, -0.2) is 9.97 Å². The first kappa shape index (κ1) is 15.3. The average molecular weight is 343 g/mol. The second kappa shape index (κ2) is 6.02. The second-order valence-electron chi connectivity index (χ2n) is 6.56. The third-order valence-corrected chi connectivity index (χ3v) is 4.44. The molecule has 1 fully saturated rings. The van der Waals surface area contributed by atoms with E-state index in [9.17, 15) is 0 Å². The molecule has 3 aromatic heterocycles. The number of rotatable bonds is 5. The van der Waals surface area contributed by atoms with E-state index in [-0.39, 0.29) is 6.04 Å². The predicted molar refractivity (Wildman–Crippen MR) is 93.2 cm³/mol. The van der Waals surface area contributed by atoms with E-state index in [2.05, 4.69) is 39.3 Å². The zero-order chi connectivity index (χ0) is 16.7. The smallest absolute Gasteiger partial charge is 0.160 e. The minimum absolute atomic E-state index is 0.0274. The van der Waals surface area contributed by atoms with Crippen molar-refractivity contribution < 1.29 is 0 Å². The van der Waals surface area contributed by atoms with Gasteiger partial charge in [0.05, 0.1) is 6.04 Å². The summed E-state index contributed by atoms with van der Waals surface area (Å²) in [6.07, 6.45) is 4.26. The van der Waals surface area contributed by atoms with E-state index >= 15 is 0 Å². The zero-order valence-corrected chi connectivity index (χ0v) is 14.4. The Labute approximate surface area is 145 Å². The van der Waals surface area contributed by atoms with E-state index in [0.717, 1.165) is 36.0 Å². The topological polar surface area (TPSA) is 68.0 Å². The fourth-order valence-electron chi connectivity index (χ4n) is 2.79. The Morgan fingerprint density at radius 1 is 1.21 bits per heavy atom. The Bertz CT molecular complexity index is 870. The lowest BCUT2D eigenvalue weighted by Gasteiger charge is -2.21. The highest BCUT2D eigenvalue weighted by Gasteiger charge is 2.28. The molecule has 1 aliphatic carbocycles. The van der Waals surface area contributed by atoms with Crippen LogP contribution in [0.4, 0.5) is 5.82 Å². The fraction of sp³-hybridized carbons (Fsp3) is 0.412. The Balaban J connectivity index is 1.69. The van der Waals surface area contributed by atoms with Crippen molar-refractivity contribution in [2.75, 3.05) is 5.32 Å². The van der Waals surface area contributed by atoms with E-state index in [1.807, 2.05) is 28.8 Å². The highest BCUT2D eigenvalue weighted by Crippen LogP contribution is 2.39. The molecule has 124 valence electrons. The van der Waals surface area contributed by atoms with Gasteiger partial charge in [0.25, 0.3) is 0 Å². The Morgan fingerprint density at radius 3 is 2.79 bits per heavy atom. The zero-order valence-electron chi connectivity index (χ0n) is 13.6. The molecule has 0 bridgehead atoms. The van der Waals surface area contributed by atoms with Crippen LogP contribution >= 0.6 is 11.6 Å². The minimum Gasteiger partial charge on any atom is -0.360 e. The number of pyridine rings is 1. The quantitative estimate of drug-likeness (QED) is 0.713. The van der Waals surface area contributed by atoms with Crippen LogP contribution in [-0.4, -0.2) is 24.6 Å². The molecule has 0 aliphatic heterocycles. The molecule has 4 rings (SSSR count). The molecular formula is C17H19ClN6. The fourth-order valence-corrected chi connectivity index (χ4v) is 2.98. The maximum Gasteiger partial charge on any atom is 0.160 e. The third-order valence-electron chi connectivity index (χ3n) is 4.24. The summed E-state index contributed by atoms with van der Waals surface area (Å²) in [6.45, 7) is 4.29. The molecule has 0 aromatic carbocycles.